The van der Waals surface area contributed by atoms with Gasteiger partial charge in [-0.1, -0.05) is 22.9 Å². The maximum absolute atomic E-state index is 3.44. The molecule has 0 atom stereocenters. The van der Waals surface area contributed by atoms with Gasteiger partial charge in [0.15, 0.2) is 0 Å². The monoisotopic (exact) mass is 230 g/mol. The second-order valence-corrected chi connectivity index (χ2v) is 4.56. The summed E-state index contributed by atoms with van der Waals surface area (Å²) in [5, 5.41) is 0. The maximum atomic E-state index is 3.44. The summed E-state index contributed by atoms with van der Waals surface area (Å²) < 4.78 is 1.16. The third-order valence-corrected chi connectivity index (χ3v) is 2.99. The predicted molar refractivity (Wildman–Crippen MR) is 55.3 cm³/mol. The van der Waals surface area contributed by atoms with E-state index in [2.05, 4.69) is 48.0 Å². The lowest BCUT2D eigenvalue weighted by Gasteiger charge is -2.02. The number of thioether (sulfide) groups is 1. The van der Waals surface area contributed by atoms with Crippen molar-refractivity contribution >= 4 is 27.7 Å². The molecule has 0 nitrogen and oxygen atoms in total. The topological polar surface area (TPSA) is 0 Å². The van der Waals surface area contributed by atoms with Gasteiger partial charge in [-0.25, -0.2) is 0 Å². The first-order valence-electron chi connectivity index (χ1n) is 3.63. The molecule has 0 saturated heterocycles. The van der Waals surface area contributed by atoms with Crippen LogP contribution in [0.1, 0.15) is 12.5 Å². The lowest BCUT2D eigenvalue weighted by molar-refractivity contribution is 1.28. The Labute approximate surface area is 80.5 Å². The minimum Gasteiger partial charge on any atom is -0.126 e. The van der Waals surface area contributed by atoms with E-state index >= 15 is 0 Å². The summed E-state index contributed by atoms with van der Waals surface area (Å²) in [6, 6.07) is 6.40. The van der Waals surface area contributed by atoms with Crippen molar-refractivity contribution in [3.8, 4) is 0 Å². The molecule has 0 unspecified atom stereocenters. The van der Waals surface area contributed by atoms with E-state index in [1.54, 1.807) is 0 Å². The van der Waals surface area contributed by atoms with Gasteiger partial charge in [-0.2, -0.15) is 0 Å². The summed E-state index contributed by atoms with van der Waals surface area (Å²) in [5.41, 5.74) is 1.35. The van der Waals surface area contributed by atoms with Gasteiger partial charge < -0.3 is 0 Å². The number of rotatable bonds is 2. The molecule has 0 aliphatic heterocycles. The first kappa shape index (κ1) is 9.14. The molecule has 2 heteroatoms. The lowest BCUT2D eigenvalue weighted by atomic mass is 10.2. The molecule has 0 saturated carbocycles. The standard InChI is InChI=1S/C9H11BrS/c1-3-11-9-5-4-8(10)6-7(9)2/h4-6H,3H2,1-2H3. The summed E-state index contributed by atoms with van der Waals surface area (Å²) in [7, 11) is 0. The van der Waals surface area contributed by atoms with Gasteiger partial charge in [0.05, 0.1) is 0 Å². The molecule has 0 radical (unpaired) electrons. The number of hydrogen-bond donors (Lipinski definition) is 0. The van der Waals surface area contributed by atoms with E-state index in [9.17, 15) is 0 Å². The van der Waals surface area contributed by atoms with Crippen LogP contribution in [0, 0.1) is 6.92 Å². The van der Waals surface area contributed by atoms with E-state index < -0.39 is 0 Å². The van der Waals surface area contributed by atoms with Gasteiger partial charge in [0.25, 0.3) is 0 Å². The van der Waals surface area contributed by atoms with Crippen molar-refractivity contribution in [2.75, 3.05) is 5.75 Å². The molecule has 0 bridgehead atoms. The molecule has 0 amide bonds. The molecule has 1 rings (SSSR count). The maximum Gasteiger partial charge on any atom is 0.0178 e. The predicted octanol–water partition coefficient (Wildman–Crippen LogP) is 3.87. The van der Waals surface area contributed by atoms with Gasteiger partial charge in [-0.15, -0.1) is 11.8 Å². The van der Waals surface area contributed by atoms with E-state index in [-0.39, 0.29) is 0 Å². The van der Waals surface area contributed by atoms with Crippen molar-refractivity contribution in [1.82, 2.24) is 0 Å². The highest BCUT2D eigenvalue weighted by Gasteiger charge is 1.96. The van der Waals surface area contributed by atoms with Gasteiger partial charge in [-0.05, 0) is 36.4 Å². The molecule has 0 heterocycles. The van der Waals surface area contributed by atoms with E-state index in [4.69, 9.17) is 0 Å². The molecule has 0 N–H and O–H groups in total. The van der Waals surface area contributed by atoms with Crippen LogP contribution in [0.3, 0.4) is 0 Å². The molecular weight excluding hydrogens is 220 g/mol. The average Bonchev–Trinajstić information content (AvgIpc) is 1.95. The molecular formula is C9H11BrS. The van der Waals surface area contributed by atoms with E-state index in [0.717, 1.165) is 10.2 Å². The molecule has 0 spiro atoms. The summed E-state index contributed by atoms with van der Waals surface area (Å²) in [6.45, 7) is 4.31. The molecule has 1 aromatic carbocycles. The smallest absolute Gasteiger partial charge is 0.0178 e. The molecule has 60 valence electrons. The Morgan fingerprint density at radius 1 is 1.45 bits per heavy atom. The van der Waals surface area contributed by atoms with Crippen LogP contribution in [0.15, 0.2) is 27.6 Å². The summed E-state index contributed by atoms with van der Waals surface area (Å²) in [4.78, 5) is 1.38. The molecule has 0 aliphatic rings. The van der Waals surface area contributed by atoms with Crippen LogP contribution < -0.4 is 0 Å². The minimum atomic E-state index is 1.14. The summed E-state index contributed by atoms with van der Waals surface area (Å²) >= 11 is 5.33. The Morgan fingerprint density at radius 2 is 2.18 bits per heavy atom. The zero-order valence-corrected chi connectivity index (χ0v) is 9.13. The fraction of sp³-hybridized carbons (Fsp3) is 0.333. The number of halogens is 1. The van der Waals surface area contributed by atoms with Crippen LogP contribution in [-0.4, -0.2) is 5.75 Å². The van der Waals surface area contributed by atoms with Crippen molar-refractivity contribution in [2.45, 2.75) is 18.7 Å². The highest BCUT2D eigenvalue weighted by molar-refractivity contribution is 9.10. The van der Waals surface area contributed by atoms with Crippen molar-refractivity contribution in [3.05, 3.63) is 28.2 Å². The summed E-state index contributed by atoms with van der Waals surface area (Å²) in [6.07, 6.45) is 0. The fourth-order valence-corrected chi connectivity index (χ4v) is 2.17. The van der Waals surface area contributed by atoms with Crippen molar-refractivity contribution in [1.29, 1.82) is 0 Å². The molecule has 11 heavy (non-hydrogen) atoms. The summed E-state index contributed by atoms with van der Waals surface area (Å²) in [5.74, 6) is 1.14. The second kappa shape index (κ2) is 4.17. The lowest BCUT2D eigenvalue weighted by Crippen LogP contribution is -1.79. The van der Waals surface area contributed by atoms with Crippen molar-refractivity contribution in [2.24, 2.45) is 0 Å². The van der Waals surface area contributed by atoms with Crippen LogP contribution in [-0.2, 0) is 0 Å². The van der Waals surface area contributed by atoms with E-state index in [1.165, 1.54) is 10.5 Å². The largest absolute Gasteiger partial charge is 0.126 e. The van der Waals surface area contributed by atoms with Crippen LogP contribution in [0.5, 0.6) is 0 Å². The fourth-order valence-electron chi connectivity index (χ4n) is 0.930. The molecule has 1 aromatic rings. The van der Waals surface area contributed by atoms with Crippen molar-refractivity contribution in [3.63, 3.8) is 0 Å². The molecule has 0 fully saturated rings. The van der Waals surface area contributed by atoms with Crippen LogP contribution in [0.25, 0.3) is 0 Å². The Bertz CT molecular complexity index is 245. The van der Waals surface area contributed by atoms with Gasteiger partial charge in [0.2, 0.25) is 0 Å². The SMILES string of the molecule is CCSc1ccc(Br)cc1C. The highest BCUT2D eigenvalue weighted by atomic mass is 79.9. The third-order valence-electron chi connectivity index (χ3n) is 1.44. The van der Waals surface area contributed by atoms with Crippen LogP contribution in [0.2, 0.25) is 0 Å². The third kappa shape index (κ3) is 2.53. The normalized spacial score (nSPS) is 10.1. The second-order valence-electron chi connectivity index (χ2n) is 2.34. The Kier molecular flexibility index (Phi) is 3.46. The van der Waals surface area contributed by atoms with Crippen LogP contribution >= 0.6 is 27.7 Å². The number of hydrogen-bond acceptors (Lipinski definition) is 1. The number of benzene rings is 1. The average molecular weight is 231 g/mol. The minimum absolute atomic E-state index is 1.14. The van der Waals surface area contributed by atoms with Gasteiger partial charge >= 0.3 is 0 Å². The first-order chi connectivity index (χ1) is 5.24. The zero-order valence-electron chi connectivity index (χ0n) is 6.73. The van der Waals surface area contributed by atoms with E-state index in [0.29, 0.717) is 0 Å². The molecule has 0 aliphatic carbocycles. The zero-order chi connectivity index (χ0) is 8.27. The first-order valence-corrected chi connectivity index (χ1v) is 5.41. The van der Waals surface area contributed by atoms with Crippen molar-refractivity contribution < 1.29 is 0 Å². The Hall–Kier alpha value is 0.0500. The number of aryl methyl sites for hydroxylation is 1. The highest BCUT2D eigenvalue weighted by Crippen LogP contribution is 2.24. The quantitative estimate of drug-likeness (QED) is 0.696. The van der Waals surface area contributed by atoms with E-state index in [1.807, 2.05) is 11.8 Å². The Morgan fingerprint density at radius 3 is 2.73 bits per heavy atom. The van der Waals surface area contributed by atoms with Gasteiger partial charge in [-0.3, -0.25) is 0 Å². The molecule has 0 aromatic heterocycles. The van der Waals surface area contributed by atoms with Gasteiger partial charge in [0, 0.05) is 9.37 Å². The van der Waals surface area contributed by atoms with Gasteiger partial charge in [0.1, 0.15) is 0 Å². The van der Waals surface area contributed by atoms with Crippen LogP contribution in [0.4, 0.5) is 0 Å². The Balaban J connectivity index is 2.90.